The van der Waals surface area contributed by atoms with Gasteiger partial charge in [-0.3, -0.25) is 0 Å². The molecule has 0 heterocycles. The third-order valence-electron chi connectivity index (χ3n) is 10.5. The Balaban J connectivity index is 1.39. The van der Waals surface area contributed by atoms with E-state index in [0.29, 0.717) is 36.1 Å². The topological polar surface area (TPSA) is 40.0 Å². The molecule has 5 rings (SSSR count). The second-order valence-corrected chi connectivity index (χ2v) is 24.3. The summed E-state index contributed by atoms with van der Waals surface area (Å²) in [7, 11) is -3.23. The van der Waals surface area contributed by atoms with Gasteiger partial charge in [0.05, 0.1) is 5.71 Å². The summed E-state index contributed by atoms with van der Waals surface area (Å²) in [5, 5.41) is 4.85. The van der Waals surface area contributed by atoms with Gasteiger partial charge in [-0.05, 0) is 125 Å². The number of nitrogens with zero attached hydrogens (tertiary/aromatic N) is 1. The molecule has 0 spiro atoms. The van der Waals surface area contributed by atoms with Crippen molar-refractivity contribution in [2.24, 2.45) is 39.7 Å². The molecule has 8 atom stereocenters. The van der Waals surface area contributed by atoms with Gasteiger partial charge in [0.1, 0.15) is 6.61 Å². The molecule has 4 aliphatic carbocycles. The highest BCUT2D eigenvalue weighted by Gasteiger charge is 2.63. The number of hydrogen-bond acceptors (Lipinski definition) is 4. The normalized spacial score (nSPS) is 40.4. The molecule has 1 aromatic rings. The predicted octanol–water partition coefficient (Wildman–Crippen LogP) is 8.65. The minimum absolute atomic E-state index is 0.0868. The zero-order valence-electron chi connectivity index (χ0n) is 25.4. The maximum atomic E-state index is 7.18. The minimum atomic E-state index is -1.71. The second kappa shape index (κ2) is 10.5. The van der Waals surface area contributed by atoms with Gasteiger partial charge < -0.3 is 13.7 Å². The molecule has 4 fully saturated rings. The van der Waals surface area contributed by atoms with Crippen molar-refractivity contribution >= 4 is 22.3 Å². The fourth-order valence-electron chi connectivity index (χ4n) is 9.18. The minimum Gasteiger partial charge on any atom is -0.415 e. The molecule has 0 amide bonds. The SMILES string of the molecule is CC12CC(O[Si](C)(C)C)C3C(CCC4CC(O[Si](C)(C)C)CCC43C)C1CCC2=NOCc1ccccc1. The first-order chi connectivity index (χ1) is 17.8. The van der Waals surface area contributed by atoms with Crippen LogP contribution in [-0.2, 0) is 20.3 Å². The molecule has 0 N–H and O–H groups in total. The monoisotopic (exact) mass is 555 g/mol. The summed E-state index contributed by atoms with van der Waals surface area (Å²) in [6.07, 6.45) is 10.7. The molecule has 1 aromatic carbocycles. The van der Waals surface area contributed by atoms with Crippen molar-refractivity contribution in [2.45, 2.75) is 123 Å². The van der Waals surface area contributed by atoms with E-state index in [-0.39, 0.29) is 5.41 Å². The third kappa shape index (κ3) is 5.75. The zero-order valence-corrected chi connectivity index (χ0v) is 27.4. The van der Waals surface area contributed by atoms with E-state index in [0.717, 1.165) is 24.7 Å². The van der Waals surface area contributed by atoms with E-state index >= 15 is 0 Å². The van der Waals surface area contributed by atoms with Crippen LogP contribution in [0.2, 0.25) is 39.3 Å². The fourth-order valence-corrected chi connectivity index (χ4v) is 11.5. The highest BCUT2D eigenvalue weighted by molar-refractivity contribution is 6.70. The first kappa shape index (κ1) is 28.6. The van der Waals surface area contributed by atoms with Gasteiger partial charge >= 0.3 is 0 Å². The van der Waals surface area contributed by atoms with E-state index < -0.39 is 16.6 Å². The lowest BCUT2D eigenvalue weighted by Gasteiger charge is -2.63. The molecule has 4 saturated carbocycles. The Hall–Kier alpha value is -0.956. The lowest BCUT2D eigenvalue weighted by molar-refractivity contribution is -0.157. The summed E-state index contributed by atoms with van der Waals surface area (Å²) in [5.74, 6) is 2.84. The number of rotatable bonds is 7. The highest BCUT2D eigenvalue weighted by atomic mass is 28.4. The average molecular weight is 556 g/mol. The maximum Gasteiger partial charge on any atom is 0.184 e. The Kier molecular flexibility index (Phi) is 7.87. The van der Waals surface area contributed by atoms with Crippen LogP contribution in [0.1, 0.15) is 70.8 Å². The highest BCUT2D eigenvalue weighted by Crippen LogP contribution is 2.66. The van der Waals surface area contributed by atoms with Gasteiger partial charge in [0.15, 0.2) is 16.6 Å². The van der Waals surface area contributed by atoms with Crippen LogP contribution in [0.3, 0.4) is 0 Å². The maximum absolute atomic E-state index is 7.18. The van der Waals surface area contributed by atoms with Crippen LogP contribution in [0.4, 0.5) is 0 Å². The van der Waals surface area contributed by atoms with Crippen molar-refractivity contribution in [1.82, 2.24) is 0 Å². The Morgan fingerprint density at radius 3 is 2.29 bits per heavy atom. The second-order valence-electron chi connectivity index (χ2n) is 15.4. The first-order valence-electron chi connectivity index (χ1n) is 15.4. The molecule has 0 radical (unpaired) electrons. The van der Waals surface area contributed by atoms with Gasteiger partial charge in [-0.1, -0.05) is 49.3 Å². The van der Waals surface area contributed by atoms with Crippen LogP contribution in [0.5, 0.6) is 0 Å². The molecule has 4 nitrogen and oxygen atoms in total. The molecule has 6 heteroatoms. The molecule has 0 bridgehead atoms. The van der Waals surface area contributed by atoms with Crippen molar-refractivity contribution in [1.29, 1.82) is 0 Å². The number of benzene rings is 1. The van der Waals surface area contributed by atoms with E-state index in [1.54, 1.807) is 0 Å². The van der Waals surface area contributed by atoms with Crippen LogP contribution < -0.4 is 0 Å². The van der Waals surface area contributed by atoms with Gasteiger partial charge in [-0.15, -0.1) is 0 Å². The van der Waals surface area contributed by atoms with Gasteiger partial charge in [0.2, 0.25) is 0 Å². The largest absolute Gasteiger partial charge is 0.415 e. The first-order valence-corrected chi connectivity index (χ1v) is 22.2. The average Bonchev–Trinajstić information content (AvgIpc) is 3.13. The summed E-state index contributed by atoms with van der Waals surface area (Å²) in [6, 6.07) is 10.4. The molecular formula is C32H53NO3Si2. The quantitative estimate of drug-likeness (QED) is 0.250. The summed E-state index contributed by atoms with van der Waals surface area (Å²) in [4.78, 5) is 5.99. The number of oxime groups is 1. The molecular weight excluding hydrogens is 503 g/mol. The Morgan fingerprint density at radius 1 is 0.895 bits per heavy atom. The molecule has 4 aliphatic rings. The van der Waals surface area contributed by atoms with Crippen molar-refractivity contribution in [3.05, 3.63) is 35.9 Å². The van der Waals surface area contributed by atoms with Crippen LogP contribution in [0, 0.1) is 34.5 Å². The van der Waals surface area contributed by atoms with E-state index in [2.05, 4.69) is 83.5 Å². The predicted molar refractivity (Wildman–Crippen MR) is 162 cm³/mol. The van der Waals surface area contributed by atoms with E-state index in [4.69, 9.17) is 18.8 Å². The Morgan fingerprint density at radius 2 is 1.61 bits per heavy atom. The molecule has 0 aliphatic heterocycles. The lowest BCUT2D eigenvalue weighted by Crippen LogP contribution is -2.61. The third-order valence-corrected chi connectivity index (χ3v) is 12.6. The fraction of sp³-hybridized carbons (Fsp3) is 0.781. The summed E-state index contributed by atoms with van der Waals surface area (Å²) in [5.41, 5.74) is 2.92. The van der Waals surface area contributed by atoms with Gasteiger partial charge in [0, 0.05) is 17.6 Å². The van der Waals surface area contributed by atoms with Crippen LogP contribution in [0.15, 0.2) is 35.5 Å². The Labute approximate surface area is 234 Å². The smallest absolute Gasteiger partial charge is 0.184 e. The Bertz CT molecular complexity index is 1000. The van der Waals surface area contributed by atoms with Gasteiger partial charge in [-0.2, -0.15) is 0 Å². The summed E-state index contributed by atoms with van der Waals surface area (Å²) >= 11 is 0. The van der Waals surface area contributed by atoms with Crippen LogP contribution in [-0.4, -0.2) is 34.6 Å². The van der Waals surface area contributed by atoms with Gasteiger partial charge in [0.25, 0.3) is 0 Å². The van der Waals surface area contributed by atoms with Crippen LogP contribution in [0.25, 0.3) is 0 Å². The molecule has 0 aromatic heterocycles. The van der Waals surface area contributed by atoms with Gasteiger partial charge in [-0.25, -0.2) is 0 Å². The van der Waals surface area contributed by atoms with E-state index in [1.807, 2.05) is 0 Å². The summed E-state index contributed by atoms with van der Waals surface area (Å²) < 4.78 is 13.9. The lowest BCUT2D eigenvalue weighted by atomic mass is 9.44. The molecule has 8 unspecified atom stereocenters. The van der Waals surface area contributed by atoms with Crippen molar-refractivity contribution < 1.29 is 13.7 Å². The zero-order chi connectivity index (χ0) is 27.3. The molecule has 0 saturated heterocycles. The van der Waals surface area contributed by atoms with Crippen molar-refractivity contribution in [3.8, 4) is 0 Å². The number of fused-ring (bicyclic) bond motifs is 5. The van der Waals surface area contributed by atoms with Crippen LogP contribution >= 0.6 is 0 Å². The van der Waals surface area contributed by atoms with Crippen molar-refractivity contribution in [2.75, 3.05) is 0 Å². The van der Waals surface area contributed by atoms with E-state index in [1.165, 1.54) is 49.8 Å². The standard InChI is InChI=1S/C32H53NO3Si2/c1-31-19-18-25(35-37(3,4)5)20-24(31)14-15-26-27-16-17-29(33-34-22-23-12-10-9-11-13-23)32(27,2)21-28(30(26)31)36-38(6,7)8/h9-13,24-28,30H,14-22H2,1-8H3. The number of hydrogen-bond donors (Lipinski definition) is 0. The molecule has 38 heavy (non-hydrogen) atoms. The summed E-state index contributed by atoms with van der Waals surface area (Å²) in [6.45, 7) is 19.9. The van der Waals surface area contributed by atoms with Crippen molar-refractivity contribution in [3.63, 3.8) is 0 Å². The van der Waals surface area contributed by atoms with E-state index in [9.17, 15) is 0 Å². The molecule has 212 valence electrons.